The number of hydrogen-bond acceptors (Lipinski definition) is 5. The van der Waals surface area contributed by atoms with E-state index in [9.17, 15) is 9.59 Å². The molecule has 2 aromatic carbocycles. The van der Waals surface area contributed by atoms with Gasteiger partial charge in [0.1, 0.15) is 11.0 Å². The fourth-order valence-electron chi connectivity index (χ4n) is 3.70. The molecule has 2 aromatic rings. The second kappa shape index (κ2) is 6.12. The van der Waals surface area contributed by atoms with Gasteiger partial charge in [0.2, 0.25) is 6.79 Å². The number of rotatable bonds is 3. The van der Waals surface area contributed by atoms with Crippen molar-refractivity contribution in [1.29, 1.82) is 0 Å². The van der Waals surface area contributed by atoms with Gasteiger partial charge in [-0.2, -0.15) is 0 Å². The van der Waals surface area contributed by atoms with E-state index in [4.69, 9.17) is 14.2 Å². The van der Waals surface area contributed by atoms with Crippen LogP contribution >= 0.6 is 0 Å². The third kappa shape index (κ3) is 3.07. The Morgan fingerprint density at radius 3 is 2.44 bits per heavy atom. The van der Waals surface area contributed by atoms with Crippen LogP contribution in [-0.4, -0.2) is 24.1 Å². The van der Waals surface area contributed by atoms with Crippen LogP contribution in [0.5, 0.6) is 11.5 Å². The fraction of sp³-hybridized carbons (Fsp3) is 0.364. The molecule has 0 N–H and O–H groups in total. The van der Waals surface area contributed by atoms with Gasteiger partial charge in [0, 0.05) is 5.56 Å². The number of Topliss-reactive ketones (excluding diaryl/α,β-unsaturated/α-hetero) is 1. The van der Waals surface area contributed by atoms with Crippen LogP contribution < -0.4 is 9.47 Å². The SMILES string of the molecule is CC(C)(C)OC(=O)[C@@]1(Cc2ccccc2)Cc2cc3c(cc2C1=O)OCO3. The van der Waals surface area contributed by atoms with E-state index in [1.807, 2.05) is 57.2 Å². The first-order valence-corrected chi connectivity index (χ1v) is 9.03. The van der Waals surface area contributed by atoms with Crippen molar-refractivity contribution < 1.29 is 23.8 Å². The summed E-state index contributed by atoms with van der Waals surface area (Å²) in [6.45, 7) is 5.57. The molecule has 0 saturated carbocycles. The molecule has 1 aliphatic heterocycles. The molecule has 1 aliphatic carbocycles. The number of esters is 1. The van der Waals surface area contributed by atoms with Crippen LogP contribution in [0.2, 0.25) is 0 Å². The molecule has 5 heteroatoms. The van der Waals surface area contributed by atoms with E-state index in [1.165, 1.54) is 0 Å². The van der Waals surface area contributed by atoms with Gasteiger partial charge in [0.25, 0.3) is 0 Å². The summed E-state index contributed by atoms with van der Waals surface area (Å²) in [4.78, 5) is 26.7. The van der Waals surface area contributed by atoms with Gasteiger partial charge in [0.05, 0.1) is 0 Å². The van der Waals surface area contributed by atoms with E-state index in [2.05, 4.69) is 0 Å². The zero-order valence-corrected chi connectivity index (χ0v) is 15.7. The molecular weight excluding hydrogens is 344 g/mol. The summed E-state index contributed by atoms with van der Waals surface area (Å²) in [6, 6.07) is 13.1. The molecule has 0 aromatic heterocycles. The fourth-order valence-corrected chi connectivity index (χ4v) is 3.70. The molecule has 27 heavy (non-hydrogen) atoms. The maximum Gasteiger partial charge on any atom is 0.321 e. The molecule has 0 unspecified atom stereocenters. The molecule has 5 nitrogen and oxygen atoms in total. The minimum atomic E-state index is -1.27. The number of benzene rings is 2. The zero-order chi connectivity index (χ0) is 19.2. The second-order valence-electron chi connectivity index (χ2n) is 8.11. The molecular formula is C22H22O5. The van der Waals surface area contributed by atoms with Crippen molar-refractivity contribution in [2.24, 2.45) is 5.41 Å². The van der Waals surface area contributed by atoms with Crippen LogP contribution in [0, 0.1) is 5.41 Å². The van der Waals surface area contributed by atoms with E-state index < -0.39 is 17.0 Å². The lowest BCUT2D eigenvalue weighted by Gasteiger charge is -2.30. The van der Waals surface area contributed by atoms with Crippen LogP contribution in [0.25, 0.3) is 0 Å². The van der Waals surface area contributed by atoms with Gasteiger partial charge in [-0.25, -0.2) is 0 Å². The van der Waals surface area contributed by atoms with Crippen molar-refractivity contribution >= 4 is 11.8 Å². The maximum atomic E-state index is 13.5. The molecule has 0 spiro atoms. The van der Waals surface area contributed by atoms with E-state index >= 15 is 0 Å². The second-order valence-corrected chi connectivity index (χ2v) is 8.11. The summed E-state index contributed by atoms with van der Waals surface area (Å²) in [5, 5.41) is 0. The molecule has 1 atom stereocenters. The lowest BCUT2D eigenvalue weighted by molar-refractivity contribution is -0.164. The zero-order valence-electron chi connectivity index (χ0n) is 15.7. The Morgan fingerprint density at radius 2 is 1.78 bits per heavy atom. The Kier molecular flexibility index (Phi) is 3.98. The normalized spacial score (nSPS) is 20.5. The number of fused-ring (bicyclic) bond motifs is 2. The average molecular weight is 366 g/mol. The molecule has 0 amide bonds. The Balaban J connectivity index is 1.77. The first kappa shape index (κ1) is 17.6. The van der Waals surface area contributed by atoms with Crippen LogP contribution in [0.1, 0.15) is 42.3 Å². The van der Waals surface area contributed by atoms with E-state index in [1.54, 1.807) is 6.07 Å². The third-order valence-corrected chi connectivity index (χ3v) is 4.91. The minimum absolute atomic E-state index is 0.146. The van der Waals surface area contributed by atoms with Crippen LogP contribution in [0.15, 0.2) is 42.5 Å². The first-order chi connectivity index (χ1) is 12.8. The highest BCUT2D eigenvalue weighted by molar-refractivity contribution is 6.16. The van der Waals surface area contributed by atoms with Gasteiger partial charge < -0.3 is 14.2 Å². The van der Waals surface area contributed by atoms with Crippen molar-refractivity contribution in [3.8, 4) is 11.5 Å². The van der Waals surface area contributed by atoms with Gasteiger partial charge in [0.15, 0.2) is 17.3 Å². The highest BCUT2D eigenvalue weighted by Crippen LogP contribution is 2.46. The predicted molar refractivity (Wildman–Crippen MR) is 99.0 cm³/mol. The Morgan fingerprint density at radius 1 is 1.11 bits per heavy atom. The smallest absolute Gasteiger partial charge is 0.321 e. The summed E-state index contributed by atoms with van der Waals surface area (Å²) in [5.74, 6) is 0.457. The van der Waals surface area contributed by atoms with Crippen LogP contribution in [-0.2, 0) is 22.4 Å². The summed E-state index contributed by atoms with van der Waals surface area (Å²) < 4.78 is 16.5. The van der Waals surface area contributed by atoms with Gasteiger partial charge in [-0.1, -0.05) is 30.3 Å². The Bertz CT molecular complexity index is 910. The van der Waals surface area contributed by atoms with Gasteiger partial charge in [-0.3, -0.25) is 9.59 Å². The summed E-state index contributed by atoms with van der Waals surface area (Å²) in [6.07, 6.45) is 0.588. The highest BCUT2D eigenvalue weighted by Gasteiger charge is 2.54. The van der Waals surface area contributed by atoms with Crippen molar-refractivity contribution in [2.45, 2.75) is 39.2 Å². The van der Waals surface area contributed by atoms with Crippen molar-refractivity contribution in [3.63, 3.8) is 0 Å². The van der Waals surface area contributed by atoms with E-state index in [0.29, 0.717) is 29.9 Å². The lowest BCUT2D eigenvalue weighted by Crippen LogP contribution is -2.43. The van der Waals surface area contributed by atoms with Crippen molar-refractivity contribution in [1.82, 2.24) is 0 Å². The van der Waals surface area contributed by atoms with Crippen LogP contribution in [0.3, 0.4) is 0 Å². The quantitative estimate of drug-likeness (QED) is 0.612. The van der Waals surface area contributed by atoms with E-state index in [0.717, 1.165) is 11.1 Å². The monoisotopic (exact) mass is 366 g/mol. The molecule has 140 valence electrons. The molecule has 0 fully saturated rings. The largest absolute Gasteiger partial charge is 0.459 e. The van der Waals surface area contributed by atoms with Gasteiger partial charge in [-0.15, -0.1) is 0 Å². The summed E-state index contributed by atoms with van der Waals surface area (Å²) >= 11 is 0. The third-order valence-electron chi connectivity index (χ3n) is 4.91. The molecule has 4 rings (SSSR count). The Hall–Kier alpha value is -2.82. The average Bonchev–Trinajstić information content (AvgIpc) is 3.16. The molecule has 0 saturated heterocycles. The lowest BCUT2D eigenvalue weighted by atomic mass is 9.77. The molecule has 0 radical (unpaired) electrons. The minimum Gasteiger partial charge on any atom is -0.459 e. The first-order valence-electron chi connectivity index (χ1n) is 9.03. The van der Waals surface area contributed by atoms with E-state index in [-0.39, 0.29) is 12.6 Å². The summed E-state index contributed by atoms with van der Waals surface area (Å²) in [7, 11) is 0. The maximum absolute atomic E-state index is 13.5. The predicted octanol–water partition coefficient (Wildman–Crippen LogP) is 3.72. The number of carbonyl (C=O) groups excluding carboxylic acids is 2. The number of hydrogen-bond donors (Lipinski definition) is 0. The van der Waals surface area contributed by atoms with Gasteiger partial charge >= 0.3 is 5.97 Å². The molecule has 2 aliphatic rings. The molecule has 0 bridgehead atoms. The van der Waals surface area contributed by atoms with Crippen molar-refractivity contribution in [2.75, 3.05) is 6.79 Å². The standard InChI is InChI=1S/C22H22O5/c1-21(2,3)27-20(24)22(11-14-7-5-4-6-8-14)12-15-9-17-18(26-13-25-17)10-16(15)19(22)23/h4-10H,11-13H2,1-3H3/t22-/m0/s1. The molecule has 1 heterocycles. The van der Waals surface area contributed by atoms with Gasteiger partial charge in [-0.05, 0) is 56.9 Å². The number of ketones is 1. The number of ether oxygens (including phenoxy) is 3. The van der Waals surface area contributed by atoms with Crippen molar-refractivity contribution in [3.05, 3.63) is 59.2 Å². The van der Waals surface area contributed by atoms with Crippen LogP contribution in [0.4, 0.5) is 0 Å². The topological polar surface area (TPSA) is 61.8 Å². The number of carbonyl (C=O) groups is 2. The summed E-state index contributed by atoms with van der Waals surface area (Å²) in [5.41, 5.74) is 0.284. The highest BCUT2D eigenvalue weighted by atomic mass is 16.7. The Labute approximate surface area is 158 Å².